The molecule has 1 aromatic heterocycles. The molecule has 0 amide bonds. The molecule has 17 nitrogen and oxygen atoms in total. The Balaban J connectivity index is 0.000000233. The first-order valence-electron chi connectivity index (χ1n) is 58.0. The minimum atomic E-state index is -0.433. The fourth-order valence-electron chi connectivity index (χ4n) is 19.3. The Labute approximate surface area is 952 Å². The Morgan fingerprint density at radius 2 is 0.664 bits per heavy atom. The van der Waals surface area contributed by atoms with Gasteiger partial charge in [0, 0.05) is 112 Å². The first-order chi connectivity index (χ1) is 72.6. The Morgan fingerprint density at radius 1 is 0.362 bits per heavy atom. The molecule has 149 heavy (non-hydrogen) atoms. The molecule has 4 aliphatic heterocycles. The molecule has 13 rings (SSSR count). The second-order valence-corrected chi connectivity index (χ2v) is 44.8. The quantitative estimate of drug-likeness (QED) is 0.0125. The van der Waals surface area contributed by atoms with E-state index in [9.17, 15) is 4.79 Å². The van der Waals surface area contributed by atoms with Gasteiger partial charge in [-0.05, 0) is 236 Å². The zero-order chi connectivity index (χ0) is 105. The van der Waals surface area contributed by atoms with Gasteiger partial charge < -0.3 is 70.8 Å². The number of carbonyl (C=O) groups excluding carboxylic acids is 1. The van der Waals surface area contributed by atoms with Crippen LogP contribution in [0.3, 0.4) is 0 Å². The topological polar surface area (TPSA) is 179 Å². The van der Waals surface area contributed by atoms with E-state index in [1.807, 2.05) is 78.9 Å². The van der Waals surface area contributed by atoms with Crippen LogP contribution in [-0.4, -0.2) is 137 Å². The van der Waals surface area contributed by atoms with Crippen molar-refractivity contribution in [2.24, 2.45) is 0 Å². The molecular formula is C122H180B4Br4NO16PtS-. The molecule has 5 heterocycles. The first kappa shape index (κ1) is 129. The SMILES string of the molecule is CCCCCCCCC1(CCCCCCCC)c2cc(B3OCCCO3)ccc2-c2ccc(B3OCCCO3)cc21.CCCCCCCCOc1cc(B2OCCCO2)c(OCCCCCCCC)cc1B1OCCCO1.CCCCCCCCOc1cc(Br)c(OCCCCCCCC)cc1Br.CCCCOc1cc(Br)c(OCCCCCCCCCCC(=O)C=C(C)O)cc1Br.[Pt].[c-]1ccccc1-c1nc2ccccc2s1. The number of nitrogens with zero attached hydrogens (tertiary/aromatic N) is 1. The van der Waals surface area contributed by atoms with Gasteiger partial charge in [-0.25, -0.2) is 0 Å². The summed E-state index contributed by atoms with van der Waals surface area (Å²) in [5.74, 6) is 5.14. The largest absolute Gasteiger partial charge is 0.512 e. The van der Waals surface area contributed by atoms with Gasteiger partial charge in [0.2, 0.25) is 0 Å². The van der Waals surface area contributed by atoms with Gasteiger partial charge in [0.25, 0.3) is 0 Å². The maximum atomic E-state index is 11.4. The van der Waals surface area contributed by atoms with Crippen molar-refractivity contribution < 1.29 is 96.6 Å². The zero-order valence-electron chi connectivity index (χ0n) is 92.1. The number of benzene rings is 7. The summed E-state index contributed by atoms with van der Waals surface area (Å²) in [4.78, 5) is 16.0. The van der Waals surface area contributed by atoms with Crippen molar-refractivity contribution >= 4 is 141 Å². The normalized spacial score (nSPS) is 14.2. The molecule has 4 saturated heterocycles. The van der Waals surface area contributed by atoms with Gasteiger partial charge >= 0.3 is 28.5 Å². The van der Waals surface area contributed by atoms with E-state index in [1.54, 1.807) is 11.3 Å². The van der Waals surface area contributed by atoms with Crippen molar-refractivity contribution in [2.75, 3.05) is 92.5 Å². The van der Waals surface area contributed by atoms with E-state index in [2.05, 4.69) is 166 Å². The first-order valence-corrected chi connectivity index (χ1v) is 62.0. The fourth-order valence-corrected chi connectivity index (χ4v) is 22.0. The van der Waals surface area contributed by atoms with Crippen molar-refractivity contribution in [2.45, 2.75) is 401 Å². The monoisotopic (exact) mass is 2500 g/mol. The second-order valence-electron chi connectivity index (χ2n) is 40.4. The molecule has 1 N–H and O–H groups in total. The summed E-state index contributed by atoms with van der Waals surface area (Å²) < 4.78 is 89.5. The number of hydrogen-bond donors (Lipinski definition) is 1. The van der Waals surface area contributed by atoms with E-state index in [0.717, 1.165) is 216 Å². The van der Waals surface area contributed by atoms with Crippen LogP contribution in [0.15, 0.2) is 151 Å². The maximum Gasteiger partial charge on any atom is 0.497 e. The van der Waals surface area contributed by atoms with Gasteiger partial charge in [-0.15, -0.1) is 35.9 Å². The minimum Gasteiger partial charge on any atom is -0.512 e. The molecular weight excluding hydrogens is 2330 g/mol. The number of ether oxygens (including phenoxy) is 6. The van der Waals surface area contributed by atoms with Crippen LogP contribution < -0.4 is 50.3 Å². The predicted octanol–water partition coefficient (Wildman–Crippen LogP) is 33.9. The summed E-state index contributed by atoms with van der Waals surface area (Å²) in [6, 6.07) is 45.4. The standard InChI is InChI=1S/C35H52B2O4.C28H48B2O6.C24H36Br2O4.C22H36Br2O2.C13H8NS.Pt/c1-3-5-7-9-11-13-21-35(22-14-12-10-8-6-4-2)33-27-29(36-38-23-15-24-39-36)17-19-31(33)32-20-18-30(28-34(32)35)37-40-25-16-26-41-37;1-3-5-7-9-11-13-17-31-27-23-26(30-35-21-16-22-36-30)28(32-18-14-12-10-8-6-4-2)24-25(27)29-33-19-15-20-34-29;1-3-4-14-29-23-17-22(26)24(18-21(23)25)30-15-12-10-8-6-5-7-9-11-13-20(28)16-19(2)27;1-3-5-7-9-11-13-15-25-21-17-20(24)22(18-19(21)23)26-16-14-12-10-8-6-4-2;1-2-6-10(7-3-1)13-14-11-8-4-5-9-12(11)15-13;/h17-20,27-28H,3-16,21-26H2,1-2H3;23-24H,3-22H2,1-2H3;16-18,27H,3-15H2,1-2H3;17-18H,3-16H2,1-2H3;1-6,8-9H;/q;;;;-1;. The Hall–Kier alpha value is -5.01. The van der Waals surface area contributed by atoms with Crippen LogP contribution >= 0.6 is 75.1 Å². The smallest absolute Gasteiger partial charge is 0.497 e. The van der Waals surface area contributed by atoms with Crippen LogP contribution in [0.5, 0.6) is 34.5 Å². The van der Waals surface area contributed by atoms with Crippen LogP contribution in [-0.2, 0) is 68.5 Å². The van der Waals surface area contributed by atoms with E-state index >= 15 is 0 Å². The molecule has 4 fully saturated rings. The van der Waals surface area contributed by atoms with Crippen molar-refractivity contribution in [3.8, 4) is 56.2 Å². The fraction of sp³-hybridized carbons (Fsp3) is 0.623. The molecule has 0 radical (unpaired) electrons. The van der Waals surface area contributed by atoms with E-state index in [-0.39, 0.29) is 52.3 Å². The summed E-state index contributed by atoms with van der Waals surface area (Å²) in [7, 11) is -1.37. The van der Waals surface area contributed by atoms with Gasteiger partial charge in [0.05, 0.1) is 68.8 Å². The molecule has 0 atom stereocenters. The molecule has 1 aliphatic carbocycles. The molecule has 27 heteroatoms. The zero-order valence-corrected chi connectivity index (χ0v) is 101. The van der Waals surface area contributed by atoms with Crippen LogP contribution in [0.2, 0.25) is 0 Å². The van der Waals surface area contributed by atoms with Crippen molar-refractivity contribution in [1.82, 2.24) is 4.98 Å². The van der Waals surface area contributed by atoms with E-state index in [1.165, 1.54) is 295 Å². The number of ketones is 1. The summed E-state index contributed by atoms with van der Waals surface area (Å²) >= 11 is 16.1. The number of allylic oxidation sites excluding steroid dienone is 2. The molecule has 0 bridgehead atoms. The van der Waals surface area contributed by atoms with Crippen LogP contribution in [0.1, 0.15) is 407 Å². The summed E-state index contributed by atoms with van der Waals surface area (Å²) in [5.41, 5.74) is 12.1. The van der Waals surface area contributed by atoms with Gasteiger partial charge in [-0.2, -0.15) is 11.3 Å². The number of aliphatic hydroxyl groups excluding tert-OH is 1. The number of thiazole rings is 1. The number of rotatable bonds is 68. The number of para-hydroxylation sites is 1. The van der Waals surface area contributed by atoms with E-state index in [0.29, 0.717) is 52.7 Å². The number of unbranched alkanes of at least 4 members (excludes halogenated alkanes) is 38. The predicted molar refractivity (Wildman–Crippen MR) is 635 cm³/mol. The number of aromatic nitrogens is 1. The van der Waals surface area contributed by atoms with Crippen molar-refractivity contribution in [1.29, 1.82) is 0 Å². The van der Waals surface area contributed by atoms with Gasteiger partial charge in [0.15, 0.2) is 5.78 Å². The number of halogens is 4. The Bertz CT molecular complexity index is 4680. The van der Waals surface area contributed by atoms with Crippen LogP contribution in [0.25, 0.3) is 31.9 Å². The molecule has 7 aromatic carbocycles. The Morgan fingerprint density at radius 3 is 0.993 bits per heavy atom. The minimum absolute atomic E-state index is 0. The molecule has 0 unspecified atom stereocenters. The van der Waals surface area contributed by atoms with Crippen molar-refractivity contribution in [3.05, 3.63) is 168 Å². The van der Waals surface area contributed by atoms with Gasteiger partial charge in [-0.1, -0.05) is 347 Å². The third kappa shape index (κ3) is 48.9. The molecule has 8 aromatic rings. The number of hydrogen-bond acceptors (Lipinski definition) is 18. The second kappa shape index (κ2) is 79.9. The van der Waals surface area contributed by atoms with Crippen LogP contribution in [0.4, 0.5) is 0 Å². The third-order valence-corrected chi connectivity index (χ3v) is 31.3. The summed E-state index contributed by atoms with van der Waals surface area (Å²) in [6.45, 7) is 27.4. The van der Waals surface area contributed by atoms with E-state index < -0.39 is 14.2 Å². The molecule has 826 valence electrons. The number of aliphatic hydroxyl groups is 1. The average molecular weight is 2510 g/mol. The average Bonchev–Trinajstić information content (AvgIpc) is 1.56. The Kier molecular flexibility index (Phi) is 69.2. The molecule has 5 aliphatic rings. The third-order valence-electron chi connectivity index (χ3n) is 27.8. The number of fused-ring (bicyclic) bond motifs is 4. The van der Waals surface area contributed by atoms with Crippen LogP contribution in [0, 0.1) is 6.07 Å². The number of carbonyl (C=O) groups is 1. The summed E-state index contributed by atoms with van der Waals surface area (Å²) in [6.07, 6.45) is 65.1. The van der Waals surface area contributed by atoms with Gasteiger partial charge in [0.1, 0.15) is 34.5 Å². The summed E-state index contributed by atoms with van der Waals surface area (Å²) in [5, 5.41) is 10.1. The van der Waals surface area contributed by atoms with E-state index in [4.69, 9.17) is 70.8 Å². The van der Waals surface area contributed by atoms with Gasteiger partial charge in [-0.3, -0.25) is 9.78 Å². The molecule has 0 spiro atoms. The maximum absolute atomic E-state index is 11.4. The van der Waals surface area contributed by atoms with Crippen molar-refractivity contribution in [3.63, 3.8) is 0 Å². The molecule has 0 saturated carbocycles.